The van der Waals surface area contributed by atoms with Gasteiger partial charge in [-0.15, -0.1) is 0 Å². The van der Waals surface area contributed by atoms with E-state index >= 15 is 0 Å². The Morgan fingerprint density at radius 3 is 2.57 bits per heavy atom. The smallest absolute Gasteiger partial charge is 0.243 e. The number of piperidine rings is 2. The predicted octanol–water partition coefficient (Wildman–Crippen LogP) is 0.644. The molecule has 4 atom stereocenters. The highest BCUT2D eigenvalue weighted by molar-refractivity contribution is 5.89. The summed E-state index contributed by atoms with van der Waals surface area (Å²) in [6.45, 7) is 1.83. The molecule has 2 aliphatic carbocycles. The molecule has 0 radical (unpaired) electrons. The lowest BCUT2D eigenvalue weighted by molar-refractivity contribution is -0.144. The number of hydrogen-bond acceptors (Lipinski definition) is 3. The monoisotopic (exact) mass is 291 g/mol. The topological polar surface area (TPSA) is 61.4 Å². The molecule has 0 aromatic rings. The van der Waals surface area contributed by atoms with Gasteiger partial charge in [0, 0.05) is 18.6 Å². The summed E-state index contributed by atoms with van der Waals surface area (Å²) in [7, 11) is 0. The first kappa shape index (κ1) is 13.6. The van der Waals surface area contributed by atoms with Gasteiger partial charge in [0.05, 0.1) is 5.92 Å². The molecule has 2 bridgehead atoms. The van der Waals surface area contributed by atoms with E-state index in [0.29, 0.717) is 18.0 Å². The number of carbonyl (C=O) groups is 2. The molecule has 5 heteroatoms. The predicted molar refractivity (Wildman–Crippen MR) is 78.5 cm³/mol. The summed E-state index contributed by atoms with van der Waals surface area (Å²) in [5.74, 6) is 1.07. The lowest BCUT2D eigenvalue weighted by Crippen LogP contribution is -2.57. The molecule has 2 saturated carbocycles. The second-order valence-electron chi connectivity index (χ2n) is 7.27. The average Bonchev–Trinajstić information content (AvgIpc) is 3.19. The Labute approximate surface area is 125 Å². The van der Waals surface area contributed by atoms with Crippen LogP contribution in [0.2, 0.25) is 0 Å². The molecule has 5 nitrogen and oxygen atoms in total. The third kappa shape index (κ3) is 2.56. The Balaban J connectivity index is 1.43. The highest BCUT2D eigenvalue weighted by Gasteiger charge is 2.44. The van der Waals surface area contributed by atoms with Gasteiger partial charge in [-0.2, -0.15) is 0 Å². The second kappa shape index (κ2) is 5.27. The number of fused-ring (bicyclic) bond motifs is 3. The molecule has 3 heterocycles. The summed E-state index contributed by atoms with van der Waals surface area (Å²) < 4.78 is 0. The molecule has 4 unspecified atom stereocenters. The van der Waals surface area contributed by atoms with Crippen molar-refractivity contribution in [1.82, 2.24) is 15.5 Å². The van der Waals surface area contributed by atoms with Crippen molar-refractivity contribution < 1.29 is 9.59 Å². The zero-order valence-electron chi connectivity index (χ0n) is 12.5. The van der Waals surface area contributed by atoms with Crippen LogP contribution < -0.4 is 10.6 Å². The van der Waals surface area contributed by atoms with Crippen molar-refractivity contribution in [2.75, 3.05) is 13.1 Å². The molecule has 5 fully saturated rings. The van der Waals surface area contributed by atoms with E-state index in [0.717, 1.165) is 51.6 Å². The largest absolute Gasteiger partial charge is 0.352 e. The number of hydrogen-bond donors (Lipinski definition) is 2. The molecule has 0 spiro atoms. The van der Waals surface area contributed by atoms with Crippen molar-refractivity contribution in [2.24, 2.45) is 11.8 Å². The van der Waals surface area contributed by atoms with E-state index < -0.39 is 0 Å². The molecule has 5 aliphatic rings. The van der Waals surface area contributed by atoms with E-state index in [4.69, 9.17) is 0 Å². The van der Waals surface area contributed by atoms with E-state index in [9.17, 15) is 9.59 Å². The van der Waals surface area contributed by atoms with Crippen molar-refractivity contribution in [2.45, 2.75) is 63.1 Å². The fourth-order valence-electron chi connectivity index (χ4n) is 4.32. The van der Waals surface area contributed by atoms with Crippen LogP contribution in [0, 0.1) is 11.8 Å². The average molecular weight is 291 g/mol. The van der Waals surface area contributed by atoms with Crippen LogP contribution in [0.5, 0.6) is 0 Å². The maximum Gasteiger partial charge on any atom is 0.243 e. The van der Waals surface area contributed by atoms with Crippen LogP contribution in [0.3, 0.4) is 0 Å². The van der Waals surface area contributed by atoms with Gasteiger partial charge in [-0.25, -0.2) is 0 Å². The lowest BCUT2D eigenvalue weighted by atomic mass is 9.73. The van der Waals surface area contributed by atoms with Gasteiger partial charge >= 0.3 is 0 Å². The minimum Gasteiger partial charge on any atom is -0.352 e. The Bertz CT molecular complexity index is 441. The van der Waals surface area contributed by atoms with Gasteiger partial charge in [-0.3, -0.25) is 9.59 Å². The first-order chi connectivity index (χ1) is 10.2. The van der Waals surface area contributed by atoms with Crippen LogP contribution in [0.15, 0.2) is 0 Å². The van der Waals surface area contributed by atoms with E-state index in [1.54, 1.807) is 0 Å². The Hall–Kier alpha value is -1.10. The van der Waals surface area contributed by atoms with Crippen LogP contribution in [0.25, 0.3) is 0 Å². The Kier molecular flexibility index (Phi) is 3.40. The quantitative estimate of drug-likeness (QED) is 0.802. The van der Waals surface area contributed by atoms with Crippen LogP contribution in [0.4, 0.5) is 0 Å². The van der Waals surface area contributed by atoms with Crippen LogP contribution >= 0.6 is 0 Å². The van der Waals surface area contributed by atoms with Crippen molar-refractivity contribution in [3.05, 3.63) is 0 Å². The third-order valence-corrected chi connectivity index (χ3v) is 5.71. The molecule has 3 saturated heterocycles. The van der Waals surface area contributed by atoms with E-state index in [2.05, 4.69) is 10.6 Å². The van der Waals surface area contributed by atoms with Crippen molar-refractivity contribution in [3.8, 4) is 0 Å². The number of nitrogens with zero attached hydrogens (tertiary/aromatic N) is 1. The summed E-state index contributed by atoms with van der Waals surface area (Å²) in [5, 5.41) is 6.58. The van der Waals surface area contributed by atoms with Gasteiger partial charge in [0.1, 0.15) is 6.04 Å². The zero-order chi connectivity index (χ0) is 14.4. The number of carbonyl (C=O) groups excluding carboxylic acids is 2. The minimum absolute atomic E-state index is 0.0808. The highest BCUT2D eigenvalue weighted by Crippen LogP contribution is 2.36. The van der Waals surface area contributed by atoms with Gasteiger partial charge in [0.25, 0.3) is 0 Å². The minimum atomic E-state index is -0.210. The van der Waals surface area contributed by atoms with Crippen molar-refractivity contribution >= 4 is 11.8 Å². The normalized spacial score (nSPS) is 38.6. The summed E-state index contributed by atoms with van der Waals surface area (Å²) >= 11 is 0. The van der Waals surface area contributed by atoms with E-state index in [1.165, 1.54) is 6.42 Å². The van der Waals surface area contributed by atoms with Gasteiger partial charge < -0.3 is 15.5 Å². The molecule has 2 amide bonds. The van der Waals surface area contributed by atoms with Gasteiger partial charge in [0.15, 0.2) is 0 Å². The molecule has 116 valence electrons. The molecule has 0 aromatic heterocycles. The zero-order valence-corrected chi connectivity index (χ0v) is 12.5. The fraction of sp³-hybridized carbons (Fsp3) is 0.875. The number of nitrogens with one attached hydrogen (secondary N) is 2. The molecule has 21 heavy (non-hydrogen) atoms. The molecule has 3 aliphatic heterocycles. The summed E-state index contributed by atoms with van der Waals surface area (Å²) in [6.07, 6.45) is 7.39. The van der Waals surface area contributed by atoms with Crippen LogP contribution in [-0.2, 0) is 9.59 Å². The van der Waals surface area contributed by atoms with Gasteiger partial charge in [-0.05, 0) is 57.4 Å². The SMILES string of the molecule is O=C(NC1CC1)C1CCCN1C(=O)C1CC2CCC1NC2. The first-order valence-electron chi connectivity index (χ1n) is 8.56. The molecule has 5 rings (SSSR count). The molecular formula is C16H25N3O2. The standard InChI is InChI=1S/C16H25N3O2/c20-15(18-11-4-5-11)14-2-1-7-19(14)16(21)12-8-10-3-6-13(12)17-9-10/h10-14,17H,1-9H2,(H,18,20). The van der Waals surface area contributed by atoms with E-state index in [1.807, 2.05) is 4.90 Å². The summed E-state index contributed by atoms with van der Waals surface area (Å²) in [4.78, 5) is 27.1. The number of amides is 2. The summed E-state index contributed by atoms with van der Waals surface area (Å²) in [5.41, 5.74) is 0. The first-order valence-corrected chi connectivity index (χ1v) is 8.56. The van der Waals surface area contributed by atoms with Gasteiger partial charge in [-0.1, -0.05) is 0 Å². The summed E-state index contributed by atoms with van der Waals surface area (Å²) in [6, 6.07) is 0.510. The second-order valence-corrected chi connectivity index (χ2v) is 7.27. The molecule has 0 aromatic carbocycles. The highest BCUT2D eigenvalue weighted by atomic mass is 16.2. The Morgan fingerprint density at radius 1 is 1.10 bits per heavy atom. The molecule has 2 N–H and O–H groups in total. The van der Waals surface area contributed by atoms with E-state index in [-0.39, 0.29) is 23.8 Å². The molecular weight excluding hydrogens is 266 g/mol. The lowest BCUT2D eigenvalue weighted by Gasteiger charge is -2.44. The number of likely N-dealkylation sites (tertiary alicyclic amines) is 1. The maximum absolute atomic E-state index is 12.9. The maximum atomic E-state index is 12.9. The Morgan fingerprint density at radius 2 is 1.95 bits per heavy atom. The fourth-order valence-corrected chi connectivity index (χ4v) is 4.32. The third-order valence-electron chi connectivity index (χ3n) is 5.71. The number of rotatable bonds is 3. The van der Waals surface area contributed by atoms with Gasteiger partial charge in [0.2, 0.25) is 11.8 Å². The van der Waals surface area contributed by atoms with Crippen LogP contribution in [-0.4, -0.2) is 47.9 Å². The van der Waals surface area contributed by atoms with Crippen LogP contribution in [0.1, 0.15) is 44.9 Å². The van der Waals surface area contributed by atoms with Crippen molar-refractivity contribution in [3.63, 3.8) is 0 Å². The van der Waals surface area contributed by atoms with Crippen molar-refractivity contribution in [1.29, 1.82) is 0 Å².